The van der Waals surface area contributed by atoms with Gasteiger partial charge in [0.15, 0.2) is 0 Å². The quantitative estimate of drug-likeness (QED) is 0.765. The molecule has 0 saturated heterocycles. The van der Waals surface area contributed by atoms with Crippen LogP contribution in [0.25, 0.3) is 0 Å². The molecule has 2 aromatic rings. The molecular formula is C17H16ClN. The van der Waals surface area contributed by atoms with E-state index in [2.05, 4.69) is 41.7 Å². The number of nitrogens with one attached hydrogen (secondary N) is 1. The third kappa shape index (κ3) is 1.80. The number of hydrogen-bond donors (Lipinski definition) is 1. The molecule has 1 aliphatic carbocycles. The molecule has 4 rings (SSSR count). The van der Waals surface area contributed by atoms with Gasteiger partial charge in [-0.3, -0.25) is 0 Å². The van der Waals surface area contributed by atoms with Crippen LogP contribution in [0.3, 0.4) is 0 Å². The molecule has 19 heavy (non-hydrogen) atoms. The number of halogens is 1. The van der Waals surface area contributed by atoms with Crippen molar-refractivity contribution in [2.45, 2.75) is 31.3 Å². The Balaban J connectivity index is 1.90. The molecule has 0 amide bonds. The molecule has 1 heterocycles. The molecule has 0 saturated carbocycles. The first-order valence-corrected chi connectivity index (χ1v) is 7.30. The number of aryl methyl sites for hydroxylation is 1. The average Bonchev–Trinajstić information content (AvgIpc) is 2.46. The molecule has 2 heteroatoms. The fourth-order valence-corrected chi connectivity index (χ4v) is 3.83. The van der Waals surface area contributed by atoms with Crippen molar-refractivity contribution in [1.29, 1.82) is 0 Å². The van der Waals surface area contributed by atoms with Crippen LogP contribution in [0.5, 0.6) is 0 Å². The van der Waals surface area contributed by atoms with E-state index in [1.54, 1.807) is 0 Å². The monoisotopic (exact) mass is 269 g/mol. The summed E-state index contributed by atoms with van der Waals surface area (Å²) in [5.74, 6) is 0.492. The fourth-order valence-electron chi connectivity index (χ4n) is 3.64. The molecule has 1 N–H and O–H groups in total. The summed E-state index contributed by atoms with van der Waals surface area (Å²) in [6.07, 6.45) is 2.41. The van der Waals surface area contributed by atoms with Crippen LogP contribution in [-0.4, -0.2) is 6.04 Å². The molecule has 1 nitrogen and oxygen atoms in total. The Bertz CT molecular complexity index is 635. The number of benzene rings is 2. The molecule has 1 aliphatic heterocycles. The molecule has 2 atom stereocenters. The highest BCUT2D eigenvalue weighted by Crippen LogP contribution is 2.41. The Hall–Kier alpha value is -1.31. The predicted molar refractivity (Wildman–Crippen MR) is 78.7 cm³/mol. The molecule has 2 aromatic carbocycles. The Labute approximate surface area is 118 Å². The first-order valence-electron chi connectivity index (χ1n) is 6.92. The second kappa shape index (κ2) is 4.36. The molecule has 0 bridgehead atoms. The van der Waals surface area contributed by atoms with Gasteiger partial charge in [-0.25, -0.2) is 0 Å². The predicted octanol–water partition coefficient (Wildman–Crippen LogP) is 3.89. The van der Waals surface area contributed by atoms with Crippen LogP contribution in [-0.2, 0) is 13.0 Å². The Morgan fingerprint density at radius 1 is 1.00 bits per heavy atom. The molecule has 0 spiro atoms. The molecule has 0 fully saturated rings. The van der Waals surface area contributed by atoms with E-state index in [0.717, 1.165) is 11.6 Å². The lowest BCUT2D eigenvalue weighted by molar-refractivity contribution is 0.394. The van der Waals surface area contributed by atoms with E-state index in [1.165, 1.54) is 35.1 Å². The minimum absolute atomic E-state index is 0.492. The summed E-state index contributed by atoms with van der Waals surface area (Å²) in [6.45, 7) is 0.944. The molecule has 0 radical (unpaired) electrons. The summed E-state index contributed by atoms with van der Waals surface area (Å²) in [7, 11) is 0. The zero-order valence-electron chi connectivity index (χ0n) is 10.7. The van der Waals surface area contributed by atoms with Crippen LogP contribution in [0.1, 0.15) is 34.6 Å². The molecule has 2 aliphatic rings. The second-order valence-corrected chi connectivity index (χ2v) is 5.98. The maximum atomic E-state index is 6.12. The van der Waals surface area contributed by atoms with Gasteiger partial charge in [-0.1, -0.05) is 41.9 Å². The fraction of sp³-hybridized carbons (Fsp3) is 0.294. The molecule has 0 aromatic heterocycles. The maximum Gasteiger partial charge on any atom is 0.0409 e. The SMILES string of the molecule is Clc1ccc2c(c1)CN[C@H]1CCc3ccccc3[C@@H]21. The van der Waals surface area contributed by atoms with Crippen molar-refractivity contribution in [1.82, 2.24) is 5.32 Å². The highest BCUT2D eigenvalue weighted by atomic mass is 35.5. The summed E-state index contributed by atoms with van der Waals surface area (Å²) in [5, 5.41) is 4.52. The zero-order chi connectivity index (χ0) is 12.8. The highest BCUT2D eigenvalue weighted by Gasteiger charge is 2.34. The van der Waals surface area contributed by atoms with Gasteiger partial charge in [0.25, 0.3) is 0 Å². The van der Waals surface area contributed by atoms with Gasteiger partial charge in [0.1, 0.15) is 0 Å². The van der Waals surface area contributed by atoms with E-state index in [0.29, 0.717) is 12.0 Å². The molecule has 0 unspecified atom stereocenters. The van der Waals surface area contributed by atoms with E-state index in [-0.39, 0.29) is 0 Å². The van der Waals surface area contributed by atoms with Gasteiger partial charge in [-0.15, -0.1) is 0 Å². The van der Waals surface area contributed by atoms with Crippen LogP contribution in [0, 0.1) is 0 Å². The van der Waals surface area contributed by atoms with E-state index in [4.69, 9.17) is 11.6 Å². The normalized spacial score (nSPS) is 24.3. The lowest BCUT2D eigenvalue weighted by Crippen LogP contribution is -2.42. The molecule has 96 valence electrons. The zero-order valence-corrected chi connectivity index (χ0v) is 11.5. The number of hydrogen-bond acceptors (Lipinski definition) is 1. The van der Waals surface area contributed by atoms with Crippen molar-refractivity contribution >= 4 is 11.6 Å². The Kier molecular flexibility index (Phi) is 2.64. The highest BCUT2D eigenvalue weighted by molar-refractivity contribution is 6.30. The van der Waals surface area contributed by atoms with E-state index in [1.807, 2.05) is 6.07 Å². The van der Waals surface area contributed by atoms with Crippen LogP contribution in [0.2, 0.25) is 5.02 Å². The summed E-state index contributed by atoms with van der Waals surface area (Å²) in [5.41, 5.74) is 5.81. The lowest BCUT2D eigenvalue weighted by atomic mass is 9.72. The van der Waals surface area contributed by atoms with E-state index < -0.39 is 0 Å². The molecular weight excluding hydrogens is 254 g/mol. The van der Waals surface area contributed by atoms with E-state index in [9.17, 15) is 0 Å². The van der Waals surface area contributed by atoms with Gasteiger partial charge >= 0.3 is 0 Å². The first-order chi connectivity index (χ1) is 9.33. The van der Waals surface area contributed by atoms with Gasteiger partial charge in [0, 0.05) is 23.5 Å². The topological polar surface area (TPSA) is 12.0 Å². The average molecular weight is 270 g/mol. The van der Waals surface area contributed by atoms with Crippen molar-refractivity contribution in [3.8, 4) is 0 Å². The Morgan fingerprint density at radius 2 is 1.84 bits per heavy atom. The summed E-state index contributed by atoms with van der Waals surface area (Å²) in [4.78, 5) is 0. The van der Waals surface area contributed by atoms with Crippen LogP contribution < -0.4 is 5.32 Å². The Morgan fingerprint density at radius 3 is 2.79 bits per heavy atom. The minimum Gasteiger partial charge on any atom is -0.309 e. The largest absolute Gasteiger partial charge is 0.309 e. The third-order valence-corrected chi connectivity index (χ3v) is 4.75. The van der Waals surface area contributed by atoms with Crippen molar-refractivity contribution < 1.29 is 0 Å². The smallest absolute Gasteiger partial charge is 0.0409 e. The van der Waals surface area contributed by atoms with Crippen LogP contribution in [0.4, 0.5) is 0 Å². The number of rotatable bonds is 0. The van der Waals surface area contributed by atoms with Crippen molar-refractivity contribution in [2.75, 3.05) is 0 Å². The first kappa shape index (κ1) is 11.5. The lowest BCUT2D eigenvalue weighted by Gasteiger charge is -2.39. The second-order valence-electron chi connectivity index (χ2n) is 5.55. The maximum absolute atomic E-state index is 6.12. The van der Waals surface area contributed by atoms with Gasteiger partial charge < -0.3 is 5.32 Å². The van der Waals surface area contributed by atoms with Gasteiger partial charge in [0.2, 0.25) is 0 Å². The van der Waals surface area contributed by atoms with Crippen LogP contribution >= 0.6 is 11.6 Å². The van der Waals surface area contributed by atoms with Crippen molar-refractivity contribution in [2.24, 2.45) is 0 Å². The van der Waals surface area contributed by atoms with Crippen LogP contribution in [0.15, 0.2) is 42.5 Å². The summed E-state index contributed by atoms with van der Waals surface area (Å²) in [6, 6.07) is 15.8. The summed E-state index contributed by atoms with van der Waals surface area (Å²) < 4.78 is 0. The van der Waals surface area contributed by atoms with Gasteiger partial charge in [-0.2, -0.15) is 0 Å². The third-order valence-electron chi connectivity index (χ3n) is 4.51. The number of fused-ring (bicyclic) bond motifs is 5. The van der Waals surface area contributed by atoms with Crippen molar-refractivity contribution in [3.05, 3.63) is 69.7 Å². The van der Waals surface area contributed by atoms with Gasteiger partial charge in [0.05, 0.1) is 0 Å². The summed E-state index contributed by atoms with van der Waals surface area (Å²) >= 11 is 6.12. The minimum atomic E-state index is 0.492. The van der Waals surface area contributed by atoms with Crippen molar-refractivity contribution in [3.63, 3.8) is 0 Å². The van der Waals surface area contributed by atoms with E-state index >= 15 is 0 Å². The van der Waals surface area contributed by atoms with Gasteiger partial charge in [-0.05, 0) is 47.2 Å². The standard InChI is InChI=1S/C17H16ClN/c18-13-6-7-15-12(9-13)10-19-16-8-5-11-3-1-2-4-14(11)17(15)16/h1-4,6-7,9,16-17,19H,5,8,10H2/t16-,17-/m0/s1.